The maximum atomic E-state index is 12.3. The second-order valence-corrected chi connectivity index (χ2v) is 7.55. The molecule has 3 rings (SSSR count). The lowest BCUT2D eigenvalue weighted by Gasteiger charge is -2.07. The SMILES string of the molecule is CCSc1nnc(NC(=O)c2ccc(COc3ccccc3)cc2)s1. The van der Waals surface area contributed by atoms with E-state index < -0.39 is 0 Å². The van der Waals surface area contributed by atoms with E-state index >= 15 is 0 Å². The summed E-state index contributed by atoms with van der Waals surface area (Å²) in [5.74, 6) is 1.55. The first kappa shape index (κ1) is 17.4. The molecule has 0 bridgehead atoms. The molecular weight excluding hydrogens is 354 g/mol. The van der Waals surface area contributed by atoms with E-state index in [2.05, 4.69) is 15.5 Å². The van der Waals surface area contributed by atoms with Gasteiger partial charge in [0.05, 0.1) is 0 Å². The quantitative estimate of drug-likeness (QED) is 0.490. The largest absolute Gasteiger partial charge is 0.489 e. The Kier molecular flexibility index (Phi) is 6.03. The Morgan fingerprint density at radius 3 is 2.60 bits per heavy atom. The van der Waals surface area contributed by atoms with Gasteiger partial charge in [-0.1, -0.05) is 60.4 Å². The summed E-state index contributed by atoms with van der Waals surface area (Å²) in [6, 6.07) is 17.0. The number of benzene rings is 2. The van der Waals surface area contributed by atoms with E-state index in [4.69, 9.17) is 4.74 Å². The average Bonchev–Trinajstić information content (AvgIpc) is 3.08. The van der Waals surface area contributed by atoms with Crippen LogP contribution < -0.4 is 10.1 Å². The number of rotatable bonds is 7. The number of para-hydroxylation sites is 1. The van der Waals surface area contributed by atoms with Crippen LogP contribution >= 0.6 is 23.1 Å². The molecule has 1 aromatic heterocycles. The molecule has 5 nitrogen and oxygen atoms in total. The number of aromatic nitrogens is 2. The van der Waals surface area contributed by atoms with Crippen LogP contribution in [-0.4, -0.2) is 21.9 Å². The fourth-order valence-electron chi connectivity index (χ4n) is 2.05. The number of ether oxygens (including phenoxy) is 1. The second-order valence-electron chi connectivity index (χ2n) is 5.06. The van der Waals surface area contributed by atoms with Gasteiger partial charge in [0.1, 0.15) is 12.4 Å². The summed E-state index contributed by atoms with van der Waals surface area (Å²) in [5, 5.41) is 11.3. The van der Waals surface area contributed by atoms with E-state index in [-0.39, 0.29) is 5.91 Å². The fourth-order valence-corrected chi connectivity index (χ4v) is 3.69. The number of nitrogens with one attached hydrogen (secondary N) is 1. The Hall–Kier alpha value is -2.38. The molecule has 0 saturated carbocycles. The molecule has 128 valence electrons. The van der Waals surface area contributed by atoms with Crippen molar-refractivity contribution in [2.24, 2.45) is 0 Å². The van der Waals surface area contributed by atoms with Gasteiger partial charge in [-0.3, -0.25) is 10.1 Å². The van der Waals surface area contributed by atoms with Crippen LogP contribution in [0.4, 0.5) is 5.13 Å². The van der Waals surface area contributed by atoms with Crippen LogP contribution in [-0.2, 0) is 6.61 Å². The van der Waals surface area contributed by atoms with Crippen molar-refractivity contribution in [2.75, 3.05) is 11.1 Å². The summed E-state index contributed by atoms with van der Waals surface area (Å²) in [5.41, 5.74) is 1.57. The second kappa shape index (κ2) is 8.64. The van der Waals surface area contributed by atoms with E-state index in [1.165, 1.54) is 11.3 Å². The van der Waals surface area contributed by atoms with E-state index in [9.17, 15) is 4.79 Å². The molecule has 0 spiro atoms. The van der Waals surface area contributed by atoms with Crippen molar-refractivity contribution >= 4 is 34.1 Å². The minimum atomic E-state index is -0.195. The molecule has 0 aliphatic heterocycles. The summed E-state index contributed by atoms with van der Waals surface area (Å²) in [6.07, 6.45) is 0. The molecule has 0 atom stereocenters. The van der Waals surface area contributed by atoms with Crippen LogP contribution in [0, 0.1) is 0 Å². The number of hydrogen-bond donors (Lipinski definition) is 1. The molecule has 0 unspecified atom stereocenters. The number of nitrogens with zero attached hydrogens (tertiary/aromatic N) is 2. The van der Waals surface area contributed by atoms with Crippen LogP contribution in [0.25, 0.3) is 0 Å². The number of amides is 1. The topological polar surface area (TPSA) is 64.1 Å². The van der Waals surface area contributed by atoms with E-state index in [1.807, 2.05) is 49.4 Å². The van der Waals surface area contributed by atoms with Gasteiger partial charge in [-0.05, 0) is 35.6 Å². The Balaban J connectivity index is 1.56. The zero-order chi connectivity index (χ0) is 17.5. The van der Waals surface area contributed by atoms with Gasteiger partial charge in [-0.25, -0.2) is 0 Å². The van der Waals surface area contributed by atoms with Gasteiger partial charge in [0.2, 0.25) is 5.13 Å². The minimum absolute atomic E-state index is 0.195. The molecule has 3 aromatic rings. The van der Waals surface area contributed by atoms with E-state index in [0.29, 0.717) is 17.3 Å². The Morgan fingerprint density at radius 1 is 1.12 bits per heavy atom. The molecule has 7 heteroatoms. The monoisotopic (exact) mass is 371 g/mol. The highest BCUT2D eigenvalue weighted by atomic mass is 32.2. The van der Waals surface area contributed by atoms with Crippen molar-refractivity contribution in [2.45, 2.75) is 17.9 Å². The van der Waals surface area contributed by atoms with Gasteiger partial charge < -0.3 is 4.74 Å². The van der Waals surface area contributed by atoms with Crippen LogP contribution in [0.2, 0.25) is 0 Å². The van der Waals surface area contributed by atoms with Crippen molar-refractivity contribution in [3.05, 3.63) is 65.7 Å². The number of thioether (sulfide) groups is 1. The average molecular weight is 371 g/mol. The lowest BCUT2D eigenvalue weighted by molar-refractivity contribution is 0.102. The lowest BCUT2D eigenvalue weighted by Crippen LogP contribution is -2.11. The number of carbonyl (C=O) groups excluding carboxylic acids is 1. The Bertz CT molecular complexity index is 820. The van der Waals surface area contributed by atoms with Crippen LogP contribution in [0.5, 0.6) is 5.75 Å². The normalized spacial score (nSPS) is 10.4. The van der Waals surface area contributed by atoms with E-state index in [0.717, 1.165) is 21.4 Å². The van der Waals surface area contributed by atoms with Gasteiger partial charge in [0.25, 0.3) is 5.91 Å². The third-order valence-corrected chi connectivity index (χ3v) is 5.11. The summed E-state index contributed by atoms with van der Waals surface area (Å²) in [6.45, 7) is 2.51. The highest BCUT2D eigenvalue weighted by Gasteiger charge is 2.10. The first-order valence-corrected chi connectivity index (χ1v) is 9.59. The molecule has 0 aliphatic rings. The minimum Gasteiger partial charge on any atom is -0.489 e. The van der Waals surface area contributed by atoms with Gasteiger partial charge in [0, 0.05) is 5.56 Å². The third-order valence-electron chi connectivity index (χ3n) is 3.26. The van der Waals surface area contributed by atoms with Gasteiger partial charge in [-0.2, -0.15) is 0 Å². The molecule has 0 fully saturated rings. The van der Waals surface area contributed by atoms with Gasteiger partial charge in [0.15, 0.2) is 4.34 Å². The first-order valence-electron chi connectivity index (χ1n) is 7.79. The molecule has 0 aliphatic carbocycles. The van der Waals surface area contributed by atoms with Gasteiger partial charge in [-0.15, -0.1) is 10.2 Å². The van der Waals surface area contributed by atoms with Crippen molar-refractivity contribution in [1.82, 2.24) is 10.2 Å². The predicted octanol–water partition coefficient (Wildman–Crippen LogP) is 4.48. The molecular formula is C18H17N3O2S2. The van der Waals surface area contributed by atoms with E-state index in [1.54, 1.807) is 23.9 Å². The number of anilines is 1. The zero-order valence-corrected chi connectivity index (χ0v) is 15.3. The molecule has 2 aromatic carbocycles. The summed E-state index contributed by atoms with van der Waals surface area (Å²) < 4.78 is 6.55. The Labute approximate surface area is 154 Å². The summed E-state index contributed by atoms with van der Waals surface area (Å²) >= 11 is 2.98. The molecule has 0 saturated heterocycles. The highest BCUT2D eigenvalue weighted by Crippen LogP contribution is 2.25. The lowest BCUT2D eigenvalue weighted by atomic mass is 10.1. The molecule has 1 heterocycles. The van der Waals surface area contributed by atoms with Crippen molar-refractivity contribution in [3.63, 3.8) is 0 Å². The summed E-state index contributed by atoms with van der Waals surface area (Å²) in [4.78, 5) is 12.3. The van der Waals surface area contributed by atoms with Crippen LogP contribution in [0.3, 0.4) is 0 Å². The summed E-state index contributed by atoms with van der Waals surface area (Å²) in [7, 11) is 0. The Morgan fingerprint density at radius 2 is 1.88 bits per heavy atom. The third kappa shape index (κ3) is 5.04. The van der Waals surface area contributed by atoms with Crippen molar-refractivity contribution in [1.29, 1.82) is 0 Å². The molecule has 0 radical (unpaired) electrons. The van der Waals surface area contributed by atoms with Crippen molar-refractivity contribution < 1.29 is 9.53 Å². The van der Waals surface area contributed by atoms with Crippen LogP contribution in [0.15, 0.2) is 58.9 Å². The fraction of sp³-hybridized carbons (Fsp3) is 0.167. The molecule has 1 amide bonds. The number of carbonyl (C=O) groups is 1. The standard InChI is InChI=1S/C18H17N3O2S2/c1-2-24-18-21-20-17(25-18)19-16(22)14-10-8-13(9-11-14)12-23-15-6-4-3-5-7-15/h3-11H,2,12H2,1H3,(H,19,20,22). The molecule has 1 N–H and O–H groups in total. The number of hydrogen-bond acceptors (Lipinski definition) is 6. The maximum absolute atomic E-state index is 12.3. The first-order chi connectivity index (χ1) is 12.2. The maximum Gasteiger partial charge on any atom is 0.257 e. The smallest absolute Gasteiger partial charge is 0.257 e. The van der Waals surface area contributed by atoms with Crippen LogP contribution in [0.1, 0.15) is 22.8 Å². The zero-order valence-electron chi connectivity index (χ0n) is 13.6. The molecule has 25 heavy (non-hydrogen) atoms. The predicted molar refractivity (Wildman–Crippen MR) is 101 cm³/mol. The van der Waals surface area contributed by atoms with Crippen molar-refractivity contribution in [3.8, 4) is 5.75 Å². The van der Waals surface area contributed by atoms with Gasteiger partial charge >= 0.3 is 0 Å². The highest BCUT2D eigenvalue weighted by molar-refractivity contribution is 8.01.